The smallest absolute Gasteiger partial charge is 0.406 e. The fourth-order valence-electron chi connectivity index (χ4n) is 2.61. The van der Waals surface area contributed by atoms with Gasteiger partial charge in [-0.15, -0.1) is 13.2 Å². The third kappa shape index (κ3) is 5.67. The molecule has 0 atom stereocenters. The van der Waals surface area contributed by atoms with E-state index >= 15 is 0 Å². The van der Waals surface area contributed by atoms with Crippen molar-refractivity contribution < 1.29 is 27.1 Å². The first-order valence-corrected chi connectivity index (χ1v) is 8.16. The summed E-state index contributed by atoms with van der Waals surface area (Å²) in [6.07, 6.45) is -3.30. The number of halogens is 4. The summed E-state index contributed by atoms with van der Waals surface area (Å²) in [7, 11) is 0. The molecule has 1 aromatic heterocycles. The topological polar surface area (TPSA) is 51.2 Å². The number of hydrogen-bond acceptors (Lipinski definition) is 3. The van der Waals surface area contributed by atoms with Gasteiger partial charge in [0, 0.05) is 18.3 Å². The summed E-state index contributed by atoms with van der Waals surface area (Å²) in [4.78, 5) is 16.4. The second-order valence-electron chi connectivity index (χ2n) is 7.12. The van der Waals surface area contributed by atoms with Crippen molar-refractivity contribution in [3.63, 3.8) is 0 Å². The van der Waals surface area contributed by atoms with Crippen molar-refractivity contribution in [3.05, 3.63) is 58.7 Å². The molecule has 27 heavy (non-hydrogen) atoms. The Morgan fingerprint density at radius 1 is 1.19 bits per heavy atom. The molecule has 2 aromatic rings. The molecule has 0 radical (unpaired) electrons. The SMILES string of the molecule is Cc1cnc(C(=O)NCc2cc(OC(F)(F)F)ccc2F)cc1C(C)(C)C. The van der Waals surface area contributed by atoms with Gasteiger partial charge in [-0.05, 0) is 47.7 Å². The van der Waals surface area contributed by atoms with E-state index in [0.29, 0.717) is 0 Å². The van der Waals surface area contributed by atoms with Crippen molar-refractivity contribution in [2.75, 3.05) is 0 Å². The summed E-state index contributed by atoms with van der Waals surface area (Å²) >= 11 is 0. The fourth-order valence-corrected chi connectivity index (χ4v) is 2.61. The zero-order valence-corrected chi connectivity index (χ0v) is 15.4. The van der Waals surface area contributed by atoms with Crippen molar-refractivity contribution >= 4 is 5.91 Å². The van der Waals surface area contributed by atoms with Crippen LogP contribution in [-0.4, -0.2) is 17.3 Å². The molecule has 8 heteroatoms. The molecular formula is C19H20F4N2O2. The van der Waals surface area contributed by atoms with Crippen LogP contribution in [0.5, 0.6) is 5.75 Å². The number of aryl methyl sites for hydroxylation is 1. The minimum atomic E-state index is -4.88. The Morgan fingerprint density at radius 3 is 2.44 bits per heavy atom. The van der Waals surface area contributed by atoms with Gasteiger partial charge in [0.1, 0.15) is 17.3 Å². The largest absolute Gasteiger partial charge is 0.573 e. The first kappa shape index (κ1) is 20.7. The molecule has 0 aliphatic rings. The molecule has 1 aromatic carbocycles. The highest BCUT2D eigenvalue weighted by Crippen LogP contribution is 2.26. The second-order valence-corrected chi connectivity index (χ2v) is 7.12. The van der Waals surface area contributed by atoms with E-state index in [4.69, 9.17) is 0 Å². The molecule has 146 valence electrons. The number of carbonyl (C=O) groups is 1. The highest BCUT2D eigenvalue weighted by molar-refractivity contribution is 5.92. The van der Waals surface area contributed by atoms with Gasteiger partial charge in [0.05, 0.1) is 0 Å². The normalized spacial score (nSPS) is 12.0. The summed E-state index contributed by atoms with van der Waals surface area (Å²) in [5.74, 6) is -1.87. The molecule has 0 aliphatic carbocycles. The van der Waals surface area contributed by atoms with Crippen LogP contribution in [0.4, 0.5) is 17.6 Å². The lowest BCUT2D eigenvalue weighted by atomic mass is 9.84. The third-order valence-corrected chi connectivity index (χ3v) is 3.83. The number of hydrogen-bond donors (Lipinski definition) is 1. The number of benzene rings is 1. The molecule has 0 saturated carbocycles. The highest BCUT2D eigenvalue weighted by atomic mass is 19.4. The van der Waals surface area contributed by atoms with Crippen molar-refractivity contribution in [2.24, 2.45) is 0 Å². The Kier molecular flexibility index (Phi) is 5.77. The molecule has 0 aliphatic heterocycles. The average Bonchev–Trinajstić information content (AvgIpc) is 2.53. The quantitative estimate of drug-likeness (QED) is 0.781. The predicted octanol–water partition coefficient (Wildman–Crippen LogP) is 4.66. The Morgan fingerprint density at radius 2 is 1.85 bits per heavy atom. The number of nitrogens with zero attached hydrogens (tertiary/aromatic N) is 1. The average molecular weight is 384 g/mol. The number of amides is 1. The van der Waals surface area contributed by atoms with Gasteiger partial charge in [0.25, 0.3) is 5.91 Å². The van der Waals surface area contributed by atoms with Crippen LogP contribution in [0.15, 0.2) is 30.5 Å². The van der Waals surface area contributed by atoms with Gasteiger partial charge in [-0.3, -0.25) is 9.78 Å². The van der Waals surface area contributed by atoms with Crippen molar-refractivity contribution in [1.82, 2.24) is 10.3 Å². The lowest BCUT2D eigenvalue weighted by Gasteiger charge is -2.22. The van der Waals surface area contributed by atoms with Crippen molar-refractivity contribution in [1.29, 1.82) is 0 Å². The van der Waals surface area contributed by atoms with Gasteiger partial charge >= 0.3 is 6.36 Å². The van der Waals surface area contributed by atoms with Gasteiger partial charge in [-0.1, -0.05) is 20.8 Å². The van der Waals surface area contributed by atoms with E-state index in [9.17, 15) is 22.4 Å². The van der Waals surface area contributed by atoms with Gasteiger partial charge in [-0.25, -0.2) is 4.39 Å². The lowest BCUT2D eigenvalue weighted by molar-refractivity contribution is -0.274. The van der Waals surface area contributed by atoms with E-state index < -0.39 is 23.8 Å². The van der Waals surface area contributed by atoms with E-state index in [1.165, 1.54) is 0 Å². The Hall–Kier alpha value is -2.64. The molecule has 1 N–H and O–H groups in total. The van der Waals surface area contributed by atoms with Crippen LogP contribution in [0.25, 0.3) is 0 Å². The first-order chi connectivity index (χ1) is 12.4. The summed E-state index contributed by atoms with van der Waals surface area (Å²) in [6, 6.07) is 4.27. The van der Waals surface area contributed by atoms with Gasteiger partial charge < -0.3 is 10.1 Å². The van der Waals surface area contributed by atoms with Gasteiger partial charge in [0.2, 0.25) is 0 Å². The minimum absolute atomic E-state index is 0.131. The maximum Gasteiger partial charge on any atom is 0.573 e. The van der Waals surface area contributed by atoms with Crippen LogP contribution in [-0.2, 0) is 12.0 Å². The number of alkyl halides is 3. The minimum Gasteiger partial charge on any atom is -0.406 e. The standard InChI is InChI=1S/C19H20F4N2O2/c1-11-9-24-16(8-14(11)18(2,3)4)17(26)25-10-12-7-13(5-6-15(12)20)27-19(21,22)23/h5-9H,10H2,1-4H3,(H,25,26). The number of aromatic nitrogens is 1. The lowest BCUT2D eigenvalue weighted by Crippen LogP contribution is -2.25. The monoisotopic (exact) mass is 384 g/mol. The molecular weight excluding hydrogens is 364 g/mol. The third-order valence-electron chi connectivity index (χ3n) is 3.83. The van der Waals surface area contributed by atoms with Crippen LogP contribution < -0.4 is 10.1 Å². The molecule has 1 heterocycles. The molecule has 0 saturated heterocycles. The molecule has 0 unspecified atom stereocenters. The second kappa shape index (κ2) is 7.54. The van der Waals surface area contributed by atoms with Crippen LogP contribution in [0.3, 0.4) is 0 Å². The fraction of sp³-hybridized carbons (Fsp3) is 0.368. The number of rotatable bonds is 4. The van der Waals surface area contributed by atoms with Crippen LogP contribution >= 0.6 is 0 Å². The summed E-state index contributed by atoms with van der Waals surface area (Å²) in [5, 5.41) is 2.47. The molecule has 0 bridgehead atoms. The summed E-state index contributed by atoms with van der Waals surface area (Å²) in [6.45, 7) is 7.58. The molecule has 0 fully saturated rings. The highest BCUT2D eigenvalue weighted by Gasteiger charge is 2.31. The molecule has 4 nitrogen and oxygen atoms in total. The van der Waals surface area contributed by atoms with E-state index in [0.717, 1.165) is 29.3 Å². The molecule has 1 amide bonds. The predicted molar refractivity (Wildman–Crippen MR) is 91.9 cm³/mol. The van der Waals surface area contributed by atoms with Crippen LogP contribution in [0, 0.1) is 12.7 Å². The Labute approximate surface area is 154 Å². The van der Waals surface area contributed by atoms with E-state index in [1.807, 2.05) is 27.7 Å². The number of nitrogens with one attached hydrogen (secondary N) is 1. The van der Waals surface area contributed by atoms with E-state index in [1.54, 1.807) is 12.3 Å². The van der Waals surface area contributed by atoms with E-state index in [2.05, 4.69) is 15.0 Å². The maximum absolute atomic E-state index is 13.8. The Bertz CT molecular complexity index is 843. The summed E-state index contributed by atoms with van der Waals surface area (Å²) < 4.78 is 54.4. The van der Waals surface area contributed by atoms with E-state index in [-0.39, 0.29) is 23.2 Å². The van der Waals surface area contributed by atoms with Crippen LogP contribution in [0.1, 0.15) is 48.0 Å². The van der Waals surface area contributed by atoms with Gasteiger partial charge in [-0.2, -0.15) is 0 Å². The number of carbonyl (C=O) groups excluding carboxylic acids is 1. The molecule has 0 spiro atoms. The first-order valence-electron chi connectivity index (χ1n) is 8.16. The zero-order valence-electron chi connectivity index (χ0n) is 15.4. The zero-order chi connectivity index (χ0) is 20.4. The maximum atomic E-state index is 13.8. The van der Waals surface area contributed by atoms with Crippen molar-refractivity contribution in [2.45, 2.75) is 46.0 Å². The van der Waals surface area contributed by atoms with Crippen LogP contribution in [0.2, 0.25) is 0 Å². The number of ether oxygens (including phenoxy) is 1. The van der Waals surface area contributed by atoms with Crippen molar-refractivity contribution in [3.8, 4) is 5.75 Å². The number of pyridine rings is 1. The molecule has 2 rings (SSSR count). The summed E-state index contributed by atoms with van der Waals surface area (Å²) in [5.41, 5.74) is 1.69. The Balaban J connectivity index is 2.15. The van der Waals surface area contributed by atoms with Gasteiger partial charge in [0.15, 0.2) is 0 Å².